The molecule has 0 aliphatic heterocycles. The van der Waals surface area contributed by atoms with Gasteiger partial charge in [-0.1, -0.05) is 26.0 Å². The molecule has 0 aromatic carbocycles. The van der Waals surface area contributed by atoms with Gasteiger partial charge in [-0.25, -0.2) is 4.79 Å². The number of carbonyl (C=O) groups excluding carboxylic acids is 1. The molecule has 1 rings (SSSR count). The monoisotopic (exact) mass is 264 g/mol. The molecule has 1 aliphatic rings. The molecular formula is C15H20O4. The largest absolute Gasteiger partial charge is 0.500 e. The summed E-state index contributed by atoms with van der Waals surface area (Å²) in [5.74, 6) is -1.27. The van der Waals surface area contributed by atoms with E-state index in [0.29, 0.717) is 16.9 Å². The van der Waals surface area contributed by atoms with Gasteiger partial charge in [-0.3, -0.25) is 4.79 Å². The lowest BCUT2D eigenvalue weighted by molar-refractivity contribution is -0.133. The first-order chi connectivity index (χ1) is 8.69. The smallest absolute Gasteiger partial charge is 0.336 e. The van der Waals surface area contributed by atoms with E-state index >= 15 is 0 Å². The molecule has 1 aliphatic carbocycles. The molecule has 104 valence electrons. The molecule has 1 unspecified atom stereocenters. The molecule has 1 atom stereocenters. The number of ketones is 1. The Morgan fingerprint density at radius 3 is 2.26 bits per heavy atom. The van der Waals surface area contributed by atoms with Gasteiger partial charge in [-0.15, -0.1) is 0 Å². The lowest BCUT2D eigenvalue weighted by atomic mass is 9.64. The number of carbonyl (C=O) groups is 2. The summed E-state index contributed by atoms with van der Waals surface area (Å²) in [5, 5.41) is 9.35. The normalized spacial score (nSPS) is 22.3. The maximum atomic E-state index is 12.1. The average Bonchev–Trinajstić information content (AvgIpc) is 2.32. The Balaban J connectivity index is 3.63. The molecule has 4 heteroatoms. The fraction of sp³-hybridized carbons (Fsp3) is 0.467. The quantitative estimate of drug-likeness (QED) is 0.793. The summed E-state index contributed by atoms with van der Waals surface area (Å²) in [4.78, 5) is 23.5. The van der Waals surface area contributed by atoms with Crippen LogP contribution < -0.4 is 0 Å². The SMILES string of the molecule is C=CC(=O)C1C(OC)=C(C)C(C(=O)O)=C(C)C1(C)C. The van der Waals surface area contributed by atoms with Crippen molar-refractivity contribution in [2.75, 3.05) is 7.11 Å². The second kappa shape index (κ2) is 5.03. The third-order valence-electron chi connectivity index (χ3n) is 3.99. The van der Waals surface area contributed by atoms with E-state index in [-0.39, 0.29) is 11.4 Å². The molecule has 0 aromatic rings. The Morgan fingerprint density at radius 1 is 1.37 bits per heavy atom. The molecule has 0 saturated carbocycles. The van der Waals surface area contributed by atoms with Crippen molar-refractivity contribution in [1.29, 1.82) is 0 Å². The number of hydrogen-bond acceptors (Lipinski definition) is 3. The fourth-order valence-corrected chi connectivity index (χ4v) is 2.68. The second-order valence-corrected chi connectivity index (χ2v) is 5.26. The number of hydrogen-bond donors (Lipinski definition) is 1. The van der Waals surface area contributed by atoms with Crippen molar-refractivity contribution in [1.82, 2.24) is 0 Å². The van der Waals surface area contributed by atoms with Gasteiger partial charge < -0.3 is 9.84 Å². The summed E-state index contributed by atoms with van der Waals surface area (Å²) in [7, 11) is 1.46. The average molecular weight is 264 g/mol. The highest BCUT2D eigenvalue weighted by Crippen LogP contribution is 2.47. The lowest BCUT2D eigenvalue weighted by Gasteiger charge is -2.40. The van der Waals surface area contributed by atoms with E-state index in [0.717, 1.165) is 0 Å². The summed E-state index contributed by atoms with van der Waals surface area (Å²) in [6.45, 7) is 10.6. The first-order valence-corrected chi connectivity index (χ1v) is 6.06. The molecule has 0 radical (unpaired) electrons. The van der Waals surface area contributed by atoms with Crippen molar-refractivity contribution in [2.45, 2.75) is 27.7 Å². The topological polar surface area (TPSA) is 63.6 Å². The molecule has 1 N–H and O–H groups in total. The maximum Gasteiger partial charge on any atom is 0.336 e. The number of carboxylic acid groups (broad SMARTS) is 1. The molecule has 0 heterocycles. The van der Waals surface area contributed by atoms with Gasteiger partial charge in [0.1, 0.15) is 5.76 Å². The van der Waals surface area contributed by atoms with Gasteiger partial charge >= 0.3 is 5.97 Å². The highest BCUT2D eigenvalue weighted by Gasteiger charge is 2.45. The minimum atomic E-state index is -0.998. The first kappa shape index (κ1) is 15.2. The Labute approximate surface area is 113 Å². The van der Waals surface area contributed by atoms with Crippen molar-refractivity contribution >= 4 is 11.8 Å². The van der Waals surface area contributed by atoms with Crippen molar-refractivity contribution in [3.8, 4) is 0 Å². The summed E-state index contributed by atoms with van der Waals surface area (Å²) >= 11 is 0. The number of aliphatic carboxylic acids is 1. The van der Waals surface area contributed by atoms with E-state index < -0.39 is 17.3 Å². The van der Waals surface area contributed by atoms with Crippen molar-refractivity contribution < 1.29 is 19.4 Å². The predicted molar refractivity (Wildman–Crippen MR) is 72.5 cm³/mol. The van der Waals surface area contributed by atoms with Crippen LogP contribution in [0.15, 0.2) is 35.1 Å². The number of allylic oxidation sites excluding steroid dienone is 3. The zero-order valence-corrected chi connectivity index (χ0v) is 12.0. The van der Waals surface area contributed by atoms with Crippen LogP contribution in [0.25, 0.3) is 0 Å². The lowest BCUT2D eigenvalue weighted by Crippen LogP contribution is -2.38. The van der Waals surface area contributed by atoms with Crippen LogP contribution in [0.3, 0.4) is 0 Å². The summed E-state index contributed by atoms with van der Waals surface area (Å²) in [6.07, 6.45) is 1.26. The van der Waals surface area contributed by atoms with E-state index in [1.165, 1.54) is 13.2 Å². The molecule has 19 heavy (non-hydrogen) atoms. The minimum absolute atomic E-state index is 0.162. The number of ether oxygens (including phenoxy) is 1. The molecule has 0 spiro atoms. The highest BCUT2D eigenvalue weighted by atomic mass is 16.5. The predicted octanol–water partition coefficient (Wildman–Crippen LogP) is 2.72. The molecule has 0 saturated heterocycles. The van der Waals surface area contributed by atoms with Crippen LogP contribution >= 0.6 is 0 Å². The van der Waals surface area contributed by atoms with E-state index in [4.69, 9.17) is 4.74 Å². The van der Waals surface area contributed by atoms with Crippen LogP contribution in [-0.4, -0.2) is 24.0 Å². The maximum absolute atomic E-state index is 12.1. The van der Waals surface area contributed by atoms with Gasteiger partial charge in [0.25, 0.3) is 0 Å². The van der Waals surface area contributed by atoms with Crippen molar-refractivity contribution in [3.63, 3.8) is 0 Å². The molecule has 0 fully saturated rings. The summed E-state index contributed by atoms with van der Waals surface area (Å²) in [6, 6.07) is 0. The summed E-state index contributed by atoms with van der Waals surface area (Å²) < 4.78 is 5.32. The Bertz CT molecular complexity index is 506. The molecular weight excluding hydrogens is 244 g/mol. The van der Waals surface area contributed by atoms with Crippen LogP contribution in [0.4, 0.5) is 0 Å². The zero-order valence-electron chi connectivity index (χ0n) is 12.0. The number of rotatable bonds is 4. The van der Waals surface area contributed by atoms with Gasteiger partial charge in [0.15, 0.2) is 5.78 Å². The Hall–Kier alpha value is -1.84. The first-order valence-electron chi connectivity index (χ1n) is 6.06. The number of methoxy groups -OCH3 is 1. The van der Waals surface area contributed by atoms with E-state index in [1.54, 1.807) is 13.8 Å². The van der Waals surface area contributed by atoms with E-state index in [1.807, 2.05) is 13.8 Å². The van der Waals surface area contributed by atoms with Gasteiger partial charge in [0.2, 0.25) is 0 Å². The molecule has 0 bridgehead atoms. The zero-order chi connectivity index (χ0) is 15.0. The minimum Gasteiger partial charge on any atom is -0.500 e. The molecule has 0 amide bonds. The van der Waals surface area contributed by atoms with Crippen molar-refractivity contribution in [3.05, 3.63) is 35.1 Å². The Morgan fingerprint density at radius 2 is 1.89 bits per heavy atom. The standard InChI is InChI=1S/C15H20O4/c1-7-10(16)12-13(19-6)8(2)11(14(17)18)9(3)15(12,4)5/h7,12H,1H2,2-6H3,(H,17,18). The van der Waals surface area contributed by atoms with Crippen LogP contribution in [-0.2, 0) is 14.3 Å². The van der Waals surface area contributed by atoms with Crippen molar-refractivity contribution in [2.24, 2.45) is 11.3 Å². The third kappa shape index (κ3) is 2.23. The summed E-state index contributed by atoms with van der Waals surface area (Å²) in [5.41, 5.74) is 0.796. The Kier molecular flexibility index (Phi) is 4.03. The van der Waals surface area contributed by atoms with Gasteiger partial charge in [-0.05, 0) is 19.9 Å². The van der Waals surface area contributed by atoms with Crippen LogP contribution in [0.5, 0.6) is 0 Å². The van der Waals surface area contributed by atoms with Gasteiger partial charge in [-0.2, -0.15) is 0 Å². The number of carboxylic acids is 1. The second-order valence-electron chi connectivity index (χ2n) is 5.26. The van der Waals surface area contributed by atoms with Gasteiger partial charge in [0.05, 0.1) is 18.6 Å². The van der Waals surface area contributed by atoms with E-state index in [9.17, 15) is 14.7 Å². The van der Waals surface area contributed by atoms with Crippen LogP contribution in [0.1, 0.15) is 27.7 Å². The van der Waals surface area contributed by atoms with Crippen LogP contribution in [0, 0.1) is 11.3 Å². The fourth-order valence-electron chi connectivity index (χ4n) is 2.68. The highest BCUT2D eigenvalue weighted by molar-refractivity contribution is 5.98. The third-order valence-corrected chi connectivity index (χ3v) is 3.99. The molecule has 4 nitrogen and oxygen atoms in total. The van der Waals surface area contributed by atoms with Crippen LogP contribution in [0.2, 0.25) is 0 Å². The van der Waals surface area contributed by atoms with E-state index in [2.05, 4.69) is 6.58 Å². The molecule has 0 aromatic heterocycles. The van der Waals surface area contributed by atoms with Gasteiger partial charge in [0, 0.05) is 11.0 Å².